The molecule has 0 atom stereocenters. The maximum absolute atomic E-state index is 4.35. The average Bonchev–Trinajstić information content (AvgIpc) is 2.43. The van der Waals surface area contributed by atoms with Crippen LogP contribution >= 0.6 is 22.9 Å². The molecule has 0 amide bonds. The fraction of sp³-hybridized carbons (Fsp3) is 0.571. The monoisotopic (exact) mass is 263 g/mol. The third-order valence-corrected chi connectivity index (χ3v) is 2.56. The summed E-state index contributed by atoms with van der Waals surface area (Å²) in [4.78, 5) is 2.38. The zero-order valence-electron chi connectivity index (χ0n) is 6.42. The van der Waals surface area contributed by atoms with Crippen molar-refractivity contribution >= 4 is 22.9 Å². The third-order valence-electron chi connectivity index (χ3n) is 2.06. The van der Waals surface area contributed by atoms with Gasteiger partial charge < -0.3 is 0 Å². The van der Waals surface area contributed by atoms with Gasteiger partial charge in [0.25, 0.3) is 0 Å². The molecule has 0 bridgehead atoms. The molecule has 0 N–H and O–H groups in total. The molecule has 3 nitrogen and oxygen atoms in total. The van der Waals surface area contributed by atoms with E-state index in [1.807, 2.05) is 2.90 Å². The first-order chi connectivity index (χ1) is 5.29. The van der Waals surface area contributed by atoms with Crippen LogP contribution in [0.3, 0.4) is 0 Å². The summed E-state index contributed by atoms with van der Waals surface area (Å²) >= 11 is 2.19. The maximum atomic E-state index is 4.35. The number of halogens is 1. The van der Waals surface area contributed by atoms with Crippen LogP contribution in [-0.2, 0) is 13.1 Å². The zero-order valence-corrected chi connectivity index (χ0v) is 8.58. The van der Waals surface area contributed by atoms with Gasteiger partial charge in [0, 0.05) is 24.8 Å². The molecule has 0 aliphatic carbocycles. The van der Waals surface area contributed by atoms with Crippen molar-refractivity contribution in [1.82, 2.24) is 12.9 Å². The largest absolute Gasteiger partial charge is 0.293 e. The van der Waals surface area contributed by atoms with E-state index in [0.717, 1.165) is 19.6 Å². The van der Waals surface area contributed by atoms with E-state index in [0.29, 0.717) is 0 Å². The van der Waals surface area contributed by atoms with Gasteiger partial charge in [0.15, 0.2) is 0 Å². The Morgan fingerprint density at radius 3 is 3.09 bits per heavy atom. The summed E-state index contributed by atoms with van der Waals surface area (Å²) in [6, 6.07) is 0. The molecule has 4 heteroatoms. The van der Waals surface area contributed by atoms with Crippen LogP contribution < -0.4 is 0 Å². The average molecular weight is 263 g/mol. The van der Waals surface area contributed by atoms with E-state index in [9.17, 15) is 0 Å². The minimum atomic E-state index is 1.03. The summed E-state index contributed by atoms with van der Waals surface area (Å²) in [5, 5.41) is 4.35. The van der Waals surface area contributed by atoms with Crippen LogP contribution in [0, 0.1) is 0 Å². The first-order valence-corrected chi connectivity index (χ1v) is 4.72. The second-order valence-corrected chi connectivity index (χ2v) is 3.78. The molecule has 1 aliphatic heterocycles. The van der Waals surface area contributed by atoms with E-state index in [-0.39, 0.29) is 0 Å². The van der Waals surface area contributed by atoms with Crippen molar-refractivity contribution < 1.29 is 0 Å². The summed E-state index contributed by atoms with van der Waals surface area (Å²) in [7, 11) is 0. The number of hydrogen-bond donors (Lipinski definition) is 0. The summed E-state index contributed by atoms with van der Waals surface area (Å²) in [6.07, 6.45) is 2.10. The lowest BCUT2D eigenvalue weighted by atomic mass is 10.3. The van der Waals surface area contributed by atoms with Gasteiger partial charge in [-0.2, -0.15) is 5.10 Å². The molecule has 1 aliphatic rings. The van der Waals surface area contributed by atoms with Crippen molar-refractivity contribution in [3.8, 4) is 0 Å². The van der Waals surface area contributed by atoms with Crippen molar-refractivity contribution in [2.45, 2.75) is 20.0 Å². The number of rotatable bonds is 1. The molecule has 0 radical (unpaired) electrons. The highest BCUT2D eigenvalue weighted by Crippen LogP contribution is 2.21. The smallest absolute Gasteiger partial charge is 0.0843 e. The molecule has 1 aromatic heterocycles. The van der Waals surface area contributed by atoms with Gasteiger partial charge in [-0.15, -0.1) is 0 Å². The van der Waals surface area contributed by atoms with E-state index < -0.39 is 0 Å². The Labute approximate surface area is 79.9 Å². The number of fused-ring (bicyclic) bond motifs is 1. The predicted molar refractivity (Wildman–Crippen MR) is 51.4 cm³/mol. The van der Waals surface area contributed by atoms with Gasteiger partial charge in [-0.05, 0) is 6.54 Å². The lowest BCUT2D eigenvalue weighted by Crippen LogP contribution is -2.15. The van der Waals surface area contributed by atoms with E-state index in [1.165, 1.54) is 11.3 Å². The quantitative estimate of drug-likeness (QED) is 0.714. The molecule has 2 heterocycles. The molecule has 1 aromatic rings. The number of aromatic nitrogens is 2. The van der Waals surface area contributed by atoms with Gasteiger partial charge in [-0.25, -0.2) is 2.90 Å². The highest BCUT2D eigenvalue weighted by molar-refractivity contribution is 14.1. The summed E-state index contributed by atoms with van der Waals surface area (Å²) in [5.74, 6) is 0. The SMILES string of the molecule is CCN1Cc2cn(I)nc2C1. The molecule has 2 rings (SSSR count). The third kappa shape index (κ3) is 1.29. The molecule has 0 saturated carbocycles. The first-order valence-electron chi connectivity index (χ1n) is 3.75. The van der Waals surface area contributed by atoms with Gasteiger partial charge in [-0.1, -0.05) is 6.92 Å². The molecule has 0 fully saturated rings. The summed E-state index contributed by atoms with van der Waals surface area (Å²) < 4.78 is 1.87. The minimum Gasteiger partial charge on any atom is -0.293 e. The van der Waals surface area contributed by atoms with Gasteiger partial charge >= 0.3 is 0 Å². The van der Waals surface area contributed by atoms with Crippen LogP contribution in [0.15, 0.2) is 6.20 Å². The second-order valence-electron chi connectivity index (χ2n) is 2.79. The highest BCUT2D eigenvalue weighted by atomic mass is 127. The Morgan fingerprint density at radius 2 is 2.45 bits per heavy atom. The summed E-state index contributed by atoms with van der Waals surface area (Å²) in [6.45, 7) is 5.41. The Hall–Kier alpha value is -0.100. The number of nitrogens with zero attached hydrogens (tertiary/aromatic N) is 3. The van der Waals surface area contributed by atoms with Crippen LogP contribution in [0.5, 0.6) is 0 Å². The van der Waals surface area contributed by atoms with E-state index >= 15 is 0 Å². The predicted octanol–water partition coefficient (Wildman–Crippen LogP) is 1.42. The topological polar surface area (TPSA) is 21.1 Å². The molecule has 0 aromatic carbocycles. The Balaban J connectivity index is 2.23. The van der Waals surface area contributed by atoms with Crippen LogP contribution in [0.2, 0.25) is 0 Å². The molecule has 0 saturated heterocycles. The van der Waals surface area contributed by atoms with Gasteiger partial charge in [0.2, 0.25) is 0 Å². The van der Waals surface area contributed by atoms with Crippen molar-refractivity contribution in [2.75, 3.05) is 6.54 Å². The van der Waals surface area contributed by atoms with E-state index in [4.69, 9.17) is 0 Å². The Kier molecular flexibility index (Phi) is 1.88. The van der Waals surface area contributed by atoms with Crippen LogP contribution in [0.1, 0.15) is 18.2 Å². The van der Waals surface area contributed by atoms with Gasteiger partial charge in [-0.3, -0.25) is 4.90 Å². The van der Waals surface area contributed by atoms with Gasteiger partial charge in [0.1, 0.15) is 0 Å². The van der Waals surface area contributed by atoms with E-state index in [1.54, 1.807) is 0 Å². The second kappa shape index (κ2) is 2.75. The molecule has 11 heavy (non-hydrogen) atoms. The lowest BCUT2D eigenvalue weighted by Gasteiger charge is -2.09. The number of hydrogen-bond acceptors (Lipinski definition) is 2. The fourth-order valence-corrected chi connectivity index (χ4v) is 2.01. The van der Waals surface area contributed by atoms with Crippen LogP contribution in [0.4, 0.5) is 0 Å². The summed E-state index contributed by atoms with van der Waals surface area (Å²) in [5.41, 5.74) is 2.64. The first kappa shape index (κ1) is 7.54. The lowest BCUT2D eigenvalue weighted by molar-refractivity contribution is 0.297. The molecule has 0 spiro atoms. The molecule has 0 unspecified atom stereocenters. The van der Waals surface area contributed by atoms with Crippen LogP contribution in [0.25, 0.3) is 0 Å². The highest BCUT2D eigenvalue weighted by Gasteiger charge is 2.20. The van der Waals surface area contributed by atoms with Crippen molar-refractivity contribution in [2.24, 2.45) is 0 Å². The fourth-order valence-electron chi connectivity index (χ4n) is 1.41. The Morgan fingerprint density at radius 1 is 1.64 bits per heavy atom. The van der Waals surface area contributed by atoms with Crippen molar-refractivity contribution in [1.29, 1.82) is 0 Å². The van der Waals surface area contributed by atoms with E-state index in [2.05, 4.69) is 46.0 Å². The molecular weight excluding hydrogens is 253 g/mol. The van der Waals surface area contributed by atoms with Crippen molar-refractivity contribution in [3.63, 3.8) is 0 Å². The van der Waals surface area contributed by atoms with Gasteiger partial charge in [0.05, 0.1) is 28.6 Å². The van der Waals surface area contributed by atoms with Crippen molar-refractivity contribution in [3.05, 3.63) is 17.5 Å². The minimum absolute atomic E-state index is 1.03. The normalized spacial score (nSPS) is 17.3. The Bertz CT molecular complexity index is 245. The zero-order chi connectivity index (χ0) is 7.84. The van der Waals surface area contributed by atoms with Crippen LogP contribution in [-0.4, -0.2) is 19.4 Å². The maximum Gasteiger partial charge on any atom is 0.0843 e. The molecular formula is C7H10IN3. The molecule has 60 valence electrons. The standard InChI is InChI=1S/C7H10IN3/c1-2-10-3-6-4-11(8)9-7(6)5-10/h4H,2-3,5H2,1H3.